The smallest absolute Gasteiger partial charge is 0.100 e. The van der Waals surface area contributed by atoms with Gasteiger partial charge in [-0.3, -0.25) is 4.90 Å². The molecule has 0 aromatic heterocycles. The first-order valence-corrected chi connectivity index (χ1v) is 12.1. The van der Waals surface area contributed by atoms with Crippen LogP contribution in [0.25, 0.3) is 0 Å². The minimum Gasteiger partial charge on any atom is -0.289 e. The average Bonchev–Trinajstić information content (AvgIpc) is 2.80. The normalized spacial score (nSPS) is 19.4. The van der Waals surface area contributed by atoms with Gasteiger partial charge < -0.3 is 0 Å². The summed E-state index contributed by atoms with van der Waals surface area (Å²) in [6, 6.07) is 32.3. The second-order valence-electron chi connectivity index (χ2n) is 9.15. The summed E-state index contributed by atoms with van der Waals surface area (Å²) < 4.78 is 15.4. The van der Waals surface area contributed by atoms with Gasteiger partial charge in [0, 0.05) is 19.6 Å². The molecule has 4 heteroatoms. The van der Waals surface area contributed by atoms with Crippen LogP contribution in [0.3, 0.4) is 0 Å². The number of hydrogen-bond acceptors (Lipinski definition) is 2. The molecule has 0 radical (unpaired) electrons. The molecule has 0 aliphatic carbocycles. The monoisotopic (exact) mass is 432 g/mol. The van der Waals surface area contributed by atoms with Gasteiger partial charge in [0.2, 0.25) is 0 Å². The lowest BCUT2D eigenvalue weighted by Gasteiger charge is -2.45. The Morgan fingerprint density at radius 3 is 1.74 bits per heavy atom. The number of hydrogen-bond donors (Lipinski definition) is 0. The summed E-state index contributed by atoms with van der Waals surface area (Å²) in [5, 5.41) is 0. The van der Waals surface area contributed by atoms with Crippen LogP contribution in [0.2, 0.25) is 0 Å². The standard InChI is InChI=1S/C27H32N2OS/c1-27(2,3)31(30)29-20-19-28(21-25(29)22-13-7-4-8-14-22)26(23-15-9-5-10-16-23)24-17-11-6-12-18-24/h4-18,25-26H,19-21H2,1-3H3/t25-,31-/m1/s1. The largest absolute Gasteiger partial charge is 0.289 e. The van der Waals surface area contributed by atoms with E-state index in [2.05, 4.69) is 115 Å². The fourth-order valence-corrected chi connectivity index (χ4v) is 5.77. The molecule has 0 spiro atoms. The topological polar surface area (TPSA) is 23.6 Å². The molecule has 0 bridgehead atoms. The van der Waals surface area contributed by atoms with Crippen molar-refractivity contribution in [2.75, 3.05) is 19.6 Å². The van der Waals surface area contributed by atoms with Gasteiger partial charge in [0.15, 0.2) is 0 Å². The van der Waals surface area contributed by atoms with E-state index in [1.54, 1.807) is 0 Å². The van der Waals surface area contributed by atoms with Crippen LogP contribution in [-0.2, 0) is 11.0 Å². The predicted octanol–water partition coefficient (Wildman–Crippen LogP) is 5.60. The first kappa shape index (κ1) is 21.9. The van der Waals surface area contributed by atoms with Crippen LogP contribution in [0, 0.1) is 0 Å². The van der Waals surface area contributed by atoms with E-state index in [-0.39, 0.29) is 16.8 Å². The van der Waals surface area contributed by atoms with E-state index in [4.69, 9.17) is 0 Å². The fourth-order valence-electron chi connectivity index (χ4n) is 4.40. The highest BCUT2D eigenvalue weighted by atomic mass is 32.2. The molecular weight excluding hydrogens is 400 g/mol. The fraction of sp³-hybridized carbons (Fsp3) is 0.333. The molecule has 0 amide bonds. The zero-order chi connectivity index (χ0) is 21.8. The van der Waals surface area contributed by atoms with Crippen molar-refractivity contribution < 1.29 is 4.21 Å². The third-order valence-electron chi connectivity index (χ3n) is 5.88. The van der Waals surface area contributed by atoms with E-state index < -0.39 is 11.0 Å². The summed E-state index contributed by atoms with van der Waals surface area (Å²) in [5.41, 5.74) is 3.82. The highest BCUT2D eigenvalue weighted by molar-refractivity contribution is 7.84. The zero-order valence-corrected chi connectivity index (χ0v) is 19.5. The summed E-state index contributed by atoms with van der Waals surface area (Å²) in [6.07, 6.45) is 0. The molecule has 0 N–H and O–H groups in total. The molecule has 1 fully saturated rings. The molecule has 4 rings (SSSR count). The molecule has 31 heavy (non-hydrogen) atoms. The van der Waals surface area contributed by atoms with Gasteiger partial charge in [0.1, 0.15) is 11.0 Å². The summed E-state index contributed by atoms with van der Waals surface area (Å²) in [4.78, 5) is 2.55. The Kier molecular flexibility index (Phi) is 6.71. The van der Waals surface area contributed by atoms with Crippen LogP contribution < -0.4 is 0 Å². The summed E-state index contributed by atoms with van der Waals surface area (Å²) in [5.74, 6) is 0. The molecule has 3 aromatic carbocycles. The molecule has 3 aromatic rings. The van der Waals surface area contributed by atoms with Gasteiger partial charge in [-0.05, 0) is 37.5 Å². The second-order valence-corrected chi connectivity index (χ2v) is 11.3. The van der Waals surface area contributed by atoms with E-state index in [1.807, 2.05) is 6.07 Å². The van der Waals surface area contributed by atoms with E-state index in [9.17, 15) is 4.21 Å². The minimum atomic E-state index is -1.06. The molecule has 0 saturated carbocycles. The number of rotatable bonds is 5. The van der Waals surface area contributed by atoms with Crippen molar-refractivity contribution in [2.24, 2.45) is 0 Å². The van der Waals surface area contributed by atoms with Crippen LogP contribution in [0.1, 0.15) is 49.5 Å². The van der Waals surface area contributed by atoms with Crippen molar-refractivity contribution >= 4 is 11.0 Å². The van der Waals surface area contributed by atoms with Crippen molar-refractivity contribution in [3.63, 3.8) is 0 Å². The molecule has 162 valence electrons. The van der Waals surface area contributed by atoms with Gasteiger partial charge in [-0.25, -0.2) is 8.51 Å². The lowest BCUT2D eigenvalue weighted by atomic mass is 9.94. The second kappa shape index (κ2) is 9.47. The van der Waals surface area contributed by atoms with Crippen molar-refractivity contribution in [2.45, 2.75) is 37.6 Å². The molecule has 3 nitrogen and oxygen atoms in total. The Balaban J connectivity index is 1.71. The third kappa shape index (κ3) is 4.98. The Hall–Kier alpha value is -2.27. The molecule has 0 unspecified atom stereocenters. The maximum atomic E-state index is 13.4. The number of piperazine rings is 1. The molecule has 2 atom stereocenters. The Morgan fingerprint density at radius 2 is 1.26 bits per heavy atom. The average molecular weight is 433 g/mol. The van der Waals surface area contributed by atoms with Crippen LogP contribution >= 0.6 is 0 Å². The SMILES string of the molecule is CC(C)(C)[S@@](=O)N1CCN(C(c2ccccc2)c2ccccc2)C[C@@H]1c1ccccc1. The van der Waals surface area contributed by atoms with E-state index in [1.165, 1.54) is 16.7 Å². The first-order chi connectivity index (χ1) is 14.9. The molecule has 1 aliphatic rings. The third-order valence-corrected chi connectivity index (χ3v) is 7.79. The maximum absolute atomic E-state index is 13.4. The van der Waals surface area contributed by atoms with Crippen molar-refractivity contribution in [3.05, 3.63) is 108 Å². The summed E-state index contributed by atoms with van der Waals surface area (Å²) in [6.45, 7) is 8.68. The Bertz CT molecular complexity index is 947. The Morgan fingerprint density at radius 1 is 0.774 bits per heavy atom. The van der Waals surface area contributed by atoms with Crippen LogP contribution in [0.15, 0.2) is 91.0 Å². The number of benzene rings is 3. The van der Waals surface area contributed by atoms with Gasteiger partial charge in [0.25, 0.3) is 0 Å². The van der Waals surface area contributed by atoms with Crippen molar-refractivity contribution in [1.82, 2.24) is 9.21 Å². The van der Waals surface area contributed by atoms with Gasteiger partial charge in [-0.15, -0.1) is 0 Å². The molecule has 1 aliphatic heterocycles. The van der Waals surface area contributed by atoms with Gasteiger partial charge in [0.05, 0.1) is 16.8 Å². The van der Waals surface area contributed by atoms with E-state index >= 15 is 0 Å². The molecule has 1 saturated heterocycles. The van der Waals surface area contributed by atoms with E-state index in [0.29, 0.717) is 0 Å². The van der Waals surface area contributed by atoms with Gasteiger partial charge in [-0.1, -0.05) is 91.0 Å². The lowest BCUT2D eigenvalue weighted by Crippen LogP contribution is -2.52. The van der Waals surface area contributed by atoms with Gasteiger partial charge >= 0.3 is 0 Å². The quantitative estimate of drug-likeness (QED) is 0.524. The zero-order valence-electron chi connectivity index (χ0n) is 18.6. The highest BCUT2D eigenvalue weighted by Crippen LogP contribution is 2.36. The number of nitrogens with zero attached hydrogens (tertiary/aromatic N) is 2. The molecule has 1 heterocycles. The van der Waals surface area contributed by atoms with Crippen molar-refractivity contribution in [1.29, 1.82) is 0 Å². The lowest BCUT2D eigenvalue weighted by molar-refractivity contribution is 0.112. The summed E-state index contributed by atoms with van der Waals surface area (Å²) >= 11 is 0. The molecular formula is C27H32N2OS. The van der Waals surface area contributed by atoms with Crippen molar-refractivity contribution in [3.8, 4) is 0 Å². The van der Waals surface area contributed by atoms with Crippen LogP contribution in [0.5, 0.6) is 0 Å². The Labute approximate surface area is 189 Å². The van der Waals surface area contributed by atoms with Gasteiger partial charge in [-0.2, -0.15) is 0 Å². The highest BCUT2D eigenvalue weighted by Gasteiger charge is 2.38. The van der Waals surface area contributed by atoms with Crippen LogP contribution in [-0.4, -0.2) is 37.8 Å². The van der Waals surface area contributed by atoms with E-state index in [0.717, 1.165) is 19.6 Å². The first-order valence-electron chi connectivity index (χ1n) is 11.0. The minimum absolute atomic E-state index is 0.0879. The predicted molar refractivity (Wildman–Crippen MR) is 130 cm³/mol. The summed E-state index contributed by atoms with van der Waals surface area (Å²) in [7, 11) is -1.06. The maximum Gasteiger partial charge on any atom is 0.100 e. The van der Waals surface area contributed by atoms with Crippen LogP contribution in [0.4, 0.5) is 0 Å².